The fourth-order valence-corrected chi connectivity index (χ4v) is 2.44. The summed E-state index contributed by atoms with van der Waals surface area (Å²) < 4.78 is 6.14. The van der Waals surface area contributed by atoms with Crippen molar-refractivity contribution in [3.8, 4) is 0 Å². The molecule has 7 heteroatoms. The molecule has 0 unspecified atom stereocenters. The predicted octanol–water partition coefficient (Wildman–Crippen LogP) is 3.06. The fraction of sp³-hybridized carbons (Fsp3) is 0.188. The van der Waals surface area contributed by atoms with Crippen LogP contribution in [0, 0.1) is 10.5 Å². The third-order valence-electron chi connectivity index (χ3n) is 2.97. The van der Waals surface area contributed by atoms with Crippen LogP contribution in [-0.2, 0) is 9.59 Å². The number of furan rings is 1. The van der Waals surface area contributed by atoms with E-state index in [1.54, 1.807) is 12.1 Å². The van der Waals surface area contributed by atoms with E-state index in [1.807, 2.05) is 25.1 Å². The van der Waals surface area contributed by atoms with E-state index in [0.29, 0.717) is 5.76 Å². The minimum absolute atomic E-state index is 0.0603. The Kier molecular flexibility index (Phi) is 6.33. The molecular formula is C16H16IN3O3. The van der Waals surface area contributed by atoms with E-state index in [9.17, 15) is 9.59 Å². The Morgan fingerprint density at radius 2 is 2.04 bits per heavy atom. The lowest BCUT2D eigenvalue weighted by atomic mass is 10.2. The summed E-state index contributed by atoms with van der Waals surface area (Å²) in [5.74, 6) is -0.000936. The van der Waals surface area contributed by atoms with Crippen LogP contribution in [0.3, 0.4) is 0 Å². The smallest absolute Gasteiger partial charge is 0.240 e. The number of carbonyl (C=O) groups excluding carboxylic acids is 2. The van der Waals surface area contributed by atoms with Crippen LogP contribution < -0.4 is 10.7 Å². The molecule has 1 heterocycles. The summed E-state index contributed by atoms with van der Waals surface area (Å²) in [4.78, 5) is 23.5. The maximum Gasteiger partial charge on any atom is 0.240 e. The van der Waals surface area contributed by atoms with E-state index in [2.05, 4.69) is 38.4 Å². The van der Waals surface area contributed by atoms with Crippen LogP contribution in [0.4, 0.5) is 5.69 Å². The van der Waals surface area contributed by atoms with Gasteiger partial charge in [0, 0.05) is 22.1 Å². The first kappa shape index (κ1) is 17.2. The standard InChI is InChI=1S/C16H16IN3O3/c1-11-9-12(17)4-5-14(11)19-15(21)6-7-16(22)20-18-10-13-3-2-8-23-13/h2-5,8-10H,6-7H2,1H3,(H,19,21)(H,20,22)/b18-10+. The van der Waals surface area contributed by atoms with Crippen LogP contribution in [0.5, 0.6) is 0 Å². The highest BCUT2D eigenvalue weighted by Gasteiger charge is 2.08. The van der Waals surface area contributed by atoms with Crippen LogP contribution in [0.15, 0.2) is 46.1 Å². The van der Waals surface area contributed by atoms with Crippen molar-refractivity contribution in [3.63, 3.8) is 0 Å². The molecule has 0 spiro atoms. The Balaban J connectivity index is 1.74. The van der Waals surface area contributed by atoms with E-state index in [4.69, 9.17) is 4.42 Å². The summed E-state index contributed by atoms with van der Waals surface area (Å²) in [5.41, 5.74) is 4.09. The van der Waals surface area contributed by atoms with Crippen molar-refractivity contribution in [3.05, 3.63) is 51.5 Å². The summed E-state index contributed by atoms with van der Waals surface area (Å²) in [5, 5.41) is 6.54. The molecule has 0 atom stereocenters. The van der Waals surface area contributed by atoms with Gasteiger partial charge in [-0.25, -0.2) is 5.43 Å². The van der Waals surface area contributed by atoms with Gasteiger partial charge in [0.25, 0.3) is 0 Å². The number of carbonyl (C=O) groups is 2. The number of nitrogens with one attached hydrogen (secondary N) is 2. The van der Waals surface area contributed by atoms with Gasteiger partial charge >= 0.3 is 0 Å². The SMILES string of the molecule is Cc1cc(I)ccc1NC(=O)CCC(=O)N/N=C/c1ccco1. The van der Waals surface area contributed by atoms with E-state index in [-0.39, 0.29) is 24.7 Å². The zero-order valence-corrected chi connectivity index (χ0v) is 14.7. The summed E-state index contributed by atoms with van der Waals surface area (Å²) in [6.45, 7) is 1.92. The molecule has 6 nitrogen and oxygen atoms in total. The number of hydrogen-bond donors (Lipinski definition) is 2. The van der Waals surface area contributed by atoms with E-state index in [0.717, 1.165) is 14.8 Å². The number of nitrogens with zero attached hydrogens (tertiary/aromatic N) is 1. The zero-order chi connectivity index (χ0) is 16.7. The zero-order valence-electron chi connectivity index (χ0n) is 12.5. The average Bonchev–Trinajstić information content (AvgIpc) is 3.01. The van der Waals surface area contributed by atoms with Crippen LogP contribution >= 0.6 is 22.6 Å². The first-order valence-electron chi connectivity index (χ1n) is 6.96. The van der Waals surface area contributed by atoms with Crippen LogP contribution in [0.25, 0.3) is 0 Å². The van der Waals surface area contributed by atoms with Gasteiger partial charge in [-0.15, -0.1) is 0 Å². The van der Waals surface area contributed by atoms with Crippen LogP contribution in [-0.4, -0.2) is 18.0 Å². The van der Waals surface area contributed by atoms with Gasteiger partial charge in [0.1, 0.15) is 5.76 Å². The number of anilines is 1. The predicted molar refractivity (Wildman–Crippen MR) is 96.2 cm³/mol. The second-order valence-corrected chi connectivity index (χ2v) is 6.06. The van der Waals surface area contributed by atoms with E-state index >= 15 is 0 Å². The average molecular weight is 425 g/mol. The Morgan fingerprint density at radius 3 is 2.74 bits per heavy atom. The molecule has 0 saturated heterocycles. The lowest BCUT2D eigenvalue weighted by molar-refractivity contribution is -0.124. The highest BCUT2D eigenvalue weighted by Crippen LogP contribution is 2.17. The molecule has 23 heavy (non-hydrogen) atoms. The summed E-state index contributed by atoms with van der Waals surface area (Å²) in [7, 11) is 0. The molecule has 0 fully saturated rings. The Hall–Kier alpha value is -2.16. The normalized spacial score (nSPS) is 10.7. The molecule has 1 aromatic carbocycles. The molecule has 120 valence electrons. The second-order valence-electron chi connectivity index (χ2n) is 4.82. The van der Waals surface area contributed by atoms with Gasteiger partial charge in [0.05, 0.1) is 12.5 Å². The van der Waals surface area contributed by atoms with Gasteiger partial charge < -0.3 is 9.73 Å². The summed E-state index contributed by atoms with van der Waals surface area (Å²) in [6, 6.07) is 9.18. The highest BCUT2D eigenvalue weighted by molar-refractivity contribution is 14.1. The number of hydrogen-bond acceptors (Lipinski definition) is 4. The van der Waals surface area contributed by atoms with Crippen molar-refractivity contribution in [2.45, 2.75) is 19.8 Å². The summed E-state index contributed by atoms with van der Waals surface area (Å²) in [6.07, 6.45) is 3.06. The van der Waals surface area contributed by atoms with Gasteiger partial charge in [-0.3, -0.25) is 9.59 Å². The van der Waals surface area contributed by atoms with Gasteiger partial charge in [0.15, 0.2) is 0 Å². The number of amides is 2. The Bertz CT molecular complexity index is 711. The highest BCUT2D eigenvalue weighted by atomic mass is 127. The third-order valence-corrected chi connectivity index (χ3v) is 3.64. The fourth-order valence-electron chi connectivity index (χ4n) is 1.80. The topological polar surface area (TPSA) is 83.7 Å². The van der Waals surface area contributed by atoms with Crippen LogP contribution in [0.1, 0.15) is 24.2 Å². The quantitative estimate of drug-likeness (QED) is 0.424. The number of aryl methyl sites for hydroxylation is 1. The molecule has 2 amide bonds. The maximum absolute atomic E-state index is 11.9. The minimum Gasteiger partial charge on any atom is -0.463 e. The van der Waals surface area contributed by atoms with Gasteiger partial charge in [-0.1, -0.05) is 0 Å². The molecule has 0 saturated carbocycles. The lowest BCUT2D eigenvalue weighted by Crippen LogP contribution is -2.20. The number of rotatable bonds is 6. The van der Waals surface area contributed by atoms with Crippen molar-refractivity contribution in [1.82, 2.24) is 5.43 Å². The maximum atomic E-state index is 11.9. The molecule has 1 aromatic heterocycles. The first-order valence-corrected chi connectivity index (χ1v) is 8.04. The minimum atomic E-state index is -0.331. The van der Waals surface area contributed by atoms with Gasteiger partial charge in [-0.05, 0) is 65.4 Å². The lowest BCUT2D eigenvalue weighted by Gasteiger charge is -2.08. The molecule has 2 rings (SSSR count). The molecule has 0 aliphatic heterocycles. The monoisotopic (exact) mass is 425 g/mol. The van der Waals surface area contributed by atoms with Gasteiger partial charge in [-0.2, -0.15) is 5.10 Å². The molecule has 0 aliphatic carbocycles. The Labute approximate surface area is 147 Å². The Morgan fingerprint density at radius 1 is 1.26 bits per heavy atom. The summed E-state index contributed by atoms with van der Waals surface area (Å²) >= 11 is 2.21. The molecule has 2 N–H and O–H groups in total. The molecule has 2 aromatic rings. The number of hydrazone groups is 1. The van der Waals surface area contributed by atoms with E-state index < -0.39 is 0 Å². The second kappa shape index (κ2) is 8.47. The first-order chi connectivity index (χ1) is 11.0. The van der Waals surface area contributed by atoms with Crippen molar-refractivity contribution in [2.75, 3.05) is 5.32 Å². The molecule has 0 aliphatic rings. The third kappa shape index (κ3) is 5.85. The van der Waals surface area contributed by atoms with Gasteiger partial charge in [0.2, 0.25) is 11.8 Å². The number of halogens is 1. The molecule has 0 radical (unpaired) electrons. The van der Waals surface area contributed by atoms with Crippen molar-refractivity contribution in [1.29, 1.82) is 0 Å². The largest absolute Gasteiger partial charge is 0.463 e. The molecule has 0 bridgehead atoms. The number of benzene rings is 1. The van der Waals surface area contributed by atoms with Crippen LogP contribution in [0.2, 0.25) is 0 Å². The molecular weight excluding hydrogens is 409 g/mol. The van der Waals surface area contributed by atoms with E-state index in [1.165, 1.54) is 12.5 Å². The van der Waals surface area contributed by atoms with Crippen molar-refractivity contribution < 1.29 is 14.0 Å². The van der Waals surface area contributed by atoms with Crippen molar-refractivity contribution in [2.24, 2.45) is 5.10 Å². The van der Waals surface area contributed by atoms with Crippen molar-refractivity contribution >= 4 is 46.3 Å².